The number of benzene rings is 1. The van der Waals surface area contributed by atoms with Crippen LogP contribution < -0.4 is 0 Å². The van der Waals surface area contributed by atoms with E-state index in [0.717, 1.165) is 6.07 Å². The zero-order valence-electron chi connectivity index (χ0n) is 9.82. The Labute approximate surface area is 111 Å². The molecule has 0 radical (unpaired) electrons. The second-order valence-electron chi connectivity index (χ2n) is 3.94. The Kier molecular flexibility index (Phi) is 3.46. The maximum absolute atomic E-state index is 12.8. The summed E-state index contributed by atoms with van der Waals surface area (Å²) in [6.45, 7) is 0.955. The topological polar surface area (TPSA) is 53.8 Å². The first-order valence-electron chi connectivity index (χ1n) is 5.30. The molecule has 0 saturated heterocycles. The summed E-state index contributed by atoms with van der Waals surface area (Å²) in [4.78, 5) is 0. The van der Waals surface area contributed by atoms with E-state index in [9.17, 15) is 13.2 Å². The molecule has 19 heavy (non-hydrogen) atoms. The van der Waals surface area contributed by atoms with Crippen molar-refractivity contribution in [3.8, 4) is 5.69 Å². The molecule has 0 aliphatic carbocycles. The lowest BCUT2D eigenvalue weighted by Crippen LogP contribution is -2.10. The van der Waals surface area contributed by atoms with Crippen molar-refractivity contribution in [2.75, 3.05) is 0 Å². The lowest BCUT2D eigenvalue weighted by molar-refractivity contribution is -0.138. The average Bonchev–Trinajstić information content (AvgIpc) is 2.70. The highest BCUT2D eigenvalue weighted by Crippen LogP contribution is 2.33. The quantitative estimate of drug-likeness (QED) is 0.836. The first-order valence-corrected chi connectivity index (χ1v) is 5.71. The minimum Gasteiger partial charge on any atom is -0.388 e. The third-order valence-electron chi connectivity index (χ3n) is 2.67. The van der Waals surface area contributed by atoms with Gasteiger partial charge in [-0.3, -0.25) is 9.67 Å². The summed E-state index contributed by atoms with van der Waals surface area (Å²) in [5.74, 6) is 0.155. The summed E-state index contributed by atoms with van der Waals surface area (Å²) in [6, 6.07) is 3.84. The minimum atomic E-state index is -4.44. The Morgan fingerprint density at radius 1 is 1.42 bits per heavy atom. The predicted molar refractivity (Wildman–Crippen MR) is 64.4 cm³/mol. The zero-order chi connectivity index (χ0) is 14.2. The molecule has 1 aromatic carbocycles. The standard InChI is InChI=1S/C11H10F3N3OS/c1-6-2-3-7(4-8(6)11(12,13)14)17-9(5-18)15-16-10(17)19/h2-4,18H,5H2,1H3,(H,16,19). The van der Waals surface area contributed by atoms with Crippen molar-refractivity contribution < 1.29 is 18.3 Å². The molecule has 0 aliphatic heterocycles. The van der Waals surface area contributed by atoms with Crippen LogP contribution in [0.4, 0.5) is 13.2 Å². The normalized spacial score (nSPS) is 11.8. The van der Waals surface area contributed by atoms with Gasteiger partial charge in [0.1, 0.15) is 6.61 Å². The summed E-state index contributed by atoms with van der Waals surface area (Å²) >= 11 is 4.94. The largest absolute Gasteiger partial charge is 0.416 e. The van der Waals surface area contributed by atoms with Gasteiger partial charge in [-0.2, -0.15) is 18.3 Å². The van der Waals surface area contributed by atoms with Crippen LogP contribution in [0, 0.1) is 11.7 Å². The SMILES string of the molecule is Cc1ccc(-n2c(CO)n[nH]c2=S)cc1C(F)(F)F. The molecule has 2 N–H and O–H groups in total. The fourth-order valence-electron chi connectivity index (χ4n) is 1.76. The van der Waals surface area contributed by atoms with Gasteiger partial charge in [0.15, 0.2) is 10.6 Å². The highest BCUT2D eigenvalue weighted by molar-refractivity contribution is 7.71. The molecule has 102 valence electrons. The van der Waals surface area contributed by atoms with Crippen LogP contribution in [0.15, 0.2) is 18.2 Å². The number of H-pyrrole nitrogens is 1. The van der Waals surface area contributed by atoms with E-state index >= 15 is 0 Å². The van der Waals surface area contributed by atoms with Gasteiger partial charge >= 0.3 is 6.18 Å². The van der Waals surface area contributed by atoms with Gasteiger partial charge in [0.05, 0.1) is 11.3 Å². The van der Waals surface area contributed by atoms with Crippen LogP contribution >= 0.6 is 12.2 Å². The monoisotopic (exact) mass is 289 g/mol. The van der Waals surface area contributed by atoms with E-state index < -0.39 is 18.3 Å². The van der Waals surface area contributed by atoms with E-state index in [1.807, 2.05) is 0 Å². The summed E-state index contributed by atoms with van der Waals surface area (Å²) in [5.41, 5.74) is -0.408. The molecular weight excluding hydrogens is 279 g/mol. The fourth-order valence-corrected chi connectivity index (χ4v) is 2.01. The maximum atomic E-state index is 12.8. The molecular formula is C11H10F3N3OS. The Bertz CT molecular complexity index is 660. The van der Waals surface area contributed by atoms with Gasteiger partial charge in [0.2, 0.25) is 0 Å². The Hall–Kier alpha value is -1.67. The number of alkyl halides is 3. The summed E-state index contributed by atoms with van der Waals surface area (Å²) in [6.07, 6.45) is -4.44. The molecule has 0 saturated carbocycles. The molecule has 0 unspecified atom stereocenters. The highest BCUT2D eigenvalue weighted by Gasteiger charge is 2.32. The number of halogens is 3. The molecule has 2 rings (SSSR count). The van der Waals surface area contributed by atoms with E-state index in [1.165, 1.54) is 23.6 Å². The molecule has 0 fully saturated rings. The van der Waals surface area contributed by atoms with Gasteiger partial charge in [-0.25, -0.2) is 0 Å². The molecule has 0 atom stereocenters. The summed E-state index contributed by atoms with van der Waals surface area (Å²) in [7, 11) is 0. The van der Waals surface area contributed by atoms with Crippen molar-refractivity contribution in [3.63, 3.8) is 0 Å². The van der Waals surface area contributed by atoms with Crippen LogP contribution in [-0.2, 0) is 12.8 Å². The molecule has 0 bridgehead atoms. The Morgan fingerprint density at radius 2 is 2.11 bits per heavy atom. The summed E-state index contributed by atoms with van der Waals surface area (Å²) in [5, 5.41) is 15.3. The second-order valence-corrected chi connectivity index (χ2v) is 4.32. The number of hydrogen-bond acceptors (Lipinski definition) is 3. The van der Waals surface area contributed by atoms with Gasteiger partial charge in [-0.15, -0.1) is 0 Å². The van der Waals surface area contributed by atoms with Crippen molar-refractivity contribution in [1.82, 2.24) is 14.8 Å². The van der Waals surface area contributed by atoms with E-state index in [0.29, 0.717) is 0 Å². The number of aromatic nitrogens is 3. The maximum Gasteiger partial charge on any atom is 0.416 e. The number of rotatable bonds is 2. The third kappa shape index (κ3) is 2.54. The van der Waals surface area contributed by atoms with Crippen LogP contribution in [-0.4, -0.2) is 19.9 Å². The van der Waals surface area contributed by atoms with Gasteiger partial charge in [0, 0.05) is 0 Å². The number of nitrogens with zero attached hydrogens (tertiary/aromatic N) is 2. The van der Waals surface area contributed by atoms with Crippen LogP contribution in [0.25, 0.3) is 5.69 Å². The van der Waals surface area contributed by atoms with Crippen molar-refractivity contribution in [2.24, 2.45) is 0 Å². The predicted octanol–water partition coefficient (Wildman–Crippen LogP) is 2.75. The molecule has 1 heterocycles. The summed E-state index contributed by atoms with van der Waals surface area (Å²) < 4.78 is 39.9. The van der Waals surface area contributed by atoms with Crippen LogP contribution in [0.2, 0.25) is 0 Å². The van der Waals surface area contributed by atoms with E-state index in [4.69, 9.17) is 17.3 Å². The molecule has 4 nitrogen and oxygen atoms in total. The van der Waals surface area contributed by atoms with E-state index in [-0.39, 0.29) is 21.8 Å². The number of nitrogens with one attached hydrogen (secondary N) is 1. The van der Waals surface area contributed by atoms with E-state index in [2.05, 4.69) is 10.2 Å². The number of aliphatic hydroxyl groups is 1. The van der Waals surface area contributed by atoms with Gasteiger partial charge < -0.3 is 5.11 Å². The number of aromatic amines is 1. The lowest BCUT2D eigenvalue weighted by Gasteiger charge is -2.13. The molecule has 2 aromatic rings. The van der Waals surface area contributed by atoms with Crippen molar-refractivity contribution in [2.45, 2.75) is 19.7 Å². The van der Waals surface area contributed by atoms with Crippen molar-refractivity contribution >= 4 is 12.2 Å². The number of aryl methyl sites for hydroxylation is 1. The van der Waals surface area contributed by atoms with Crippen LogP contribution in [0.3, 0.4) is 0 Å². The van der Waals surface area contributed by atoms with Gasteiger partial charge in [-0.05, 0) is 36.8 Å². The first kappa shape index (κ1) is 13.8. The van der Waals surface area contributed by atoms with Gasteiger partial charge in [0.25, 0.3) is 0 Å². The average molecular weight is 289 g/mol. The lowest BCUT2D eigenvalue weighted by atomic mass is 10.1. The molecule has 1 aromatic heterocycles. The zero-order valence-corrected chi connectivity index (χ0v) is 10.6. The fraction of sp³-hybridized carbons (Fsp3) is 0.273. The van der Waals surface area contributed by atoms with Crippen molar-refractivity contribution in [1.29, 1.82) is 0 Å². The first-order chi connectivity index (χ1) is 8.84. The van der Waals surface area contributed by atoms with Crippen LogP contribution in [0.5, 0.6) is 0 Å². The molecule has 0 aliphatic rings. The molecule has 8 heteroatoms. The Morgan fingerprint density at radius 3 is 2.68 bits per heavy atom. The highest BCUT2D eigenvalue weighted by atomic mass is 32.1. The van der Waals surface area contributed by atoms with E-state index in [1.54, 1.807) is 0 Å². The molecule has 0 spiro atoms. The van der Waals surface area contributed by atoms with Gasteiger partial charge in [-0.1, -0.05) is 6.07 Å². The number of hydrogen-bond donors (Lipinski definition) is 2. The molecule has 0 amide bonds. The van der Waals surface area contributed by atoms with Crippen LogP contribution in [0.1, 0.15) is 17.0 Å². The Balaban J connectivity index is 2.65. The number of aliphatic hydroxyl groups excluding tert-OH is 1. The minimum absolute atomic E-state index is 0.122. The third-order valence-corrected chi connectivity index (χ3v) is 2.94. The smallest absolute Gasteiger partial charge is 0.388 e. The second kappa shape index (κ2) is 4.78. The van der Waals surface area contributed by atoms with Crippen molar-refractivity contribution in [3.05, 3.63) is 39.9 Å².